The van der Waals surface area contributed by atoms with Crippen LogP contribution in [-0.4, -0.2) is 26.9 Å². The Labute approximate surface area is 188 Å². The summed E-state index contributed by atoms with van der Waals surface area (Å²) < 4.78 is 7.38. The fourth-order valence-electron chi connectivity index (χ4n) is 3.60. The summed E-state index contributed by atoms with van der Waals surface area (Å²) in [6, 6.07) is 13.7. The number of anilines is 1. The highest BCUT2D eigenvalue weighted by Gasteiger charge is 2.19. The molecule has 4 aromatic rings. The molecule has 6 heteroatoms. The first-order chi connectivity index (χ1) is 15.3. The van der Waals surface area contributed by atoms with Gasteiger partial charge in [-0.05, 0) is 48.7 Å². The van der Waals surface area contributed by atoms with E-state index in [4.69, 9.17) is 4.74 Å². The number of hydrogen-bond donors (Lipinski definition) is 1. The highest BCUT2D eigenvalue weighted by Crippen LogP contribution is 2.28. The van der Waals surface area contributed by atoms with E-state index in [2.05, 4.69) is 36.1 Å². The maximum atomic E-state index is 13.1. The molecular formula is C26H28N4O2. The van der Waals surface area contributed by atoms with Crippen molar-refractivity contribution in [3.8, 4) is 16.9 Å². The van der Waals surface area contributed by atoms with Crippen LogP contribution in [0.5, 0.6) is 5.75 Å². The highest BCUT2D eigenvalue weighted by atomic mass is 16.5. The average Bonchev–Trinajstić information content (AvgIpc) is 3.19. The molecule has 1 amide bonds. The summed E-state index contributed by atoms with van der Waals surface area (Å²) >= 11 is 0. The summed E-state index contributed by atoms with van der Waals surface area (Å²) in [6.45, 7) is 10.9. The molecule has 0 radical (unpaired) electrons. The Balaban J connectivity index is 1.59. The largest absolute Gasteiger partial charge is 0.494 e. The van der Waals surface area contributed by atoms with Crippen molar-refractivity contribution in [2.45, 2.75) is 40.0 Å². The van der Waals surface area contributed by atoms with E-state index >= 15 is 0 Å². The predicted molar refractivity (Wildman–Crippen MR) is 127 cm³/mol. The lowest BCUT2D eigenvalue weighted by atomic mass is 9.93. The van der Waals surface area contributed by atoms with E-state index in [0.29, 0.717) is 23.6 Å². The van der Waals surface area contributed by atoms with Crippen LogP contribution < -0.4 is 10.1 Å². The molecular weight excluding hydrogens is 400 g/mol. The van der Waals surface area contributed by atoms with Crippen molar-refractivity contribution < 1.29 is 9.53 Å². The van der Waals surface area contributed by atoms with Gasteiger partial charge in [-0.1, -0.05) is 45.0 Å². The van der Waals surface area contributed by atoms with Crippen LogP contribution in [0.2, 0.25) is 0 Å². The van der Waals surface area contributed by atoms with Gasteiger partial charge in [0.2, 0.25) is 5.78 Å². The SMILES string of the molecule is CCOc1ccc(-c2cccc(C(=O)Nc3cnc4nc(C(C)(C)C)cn4c3)c2C)cc1. The quantitative estimate of drug-likeness (QED) is 0.446. The lowest BCUT2D eigenvalue weighted by molar-refractivity contribution is 0.102. The smallest absolute Gasteiger partial charge is 0.256 e. The molecule has 0 atom stereocenters. The summed E-state index contributed by atoms with van der Waals surface area (Å²) in [7, 11) is 0. The normalized spacial score (nSPS) is 11.5. The van der Waals surface area contributed by atoms with Crippen LogP contribution in [-0.2, 0) is 5.41 Å². The monoisotopic (exact) mass is 428 g/mol. The van der Waals surface area contributed by atoms with Gasteiger partial charge in [-0.25, -0.2) is 9.97 Å². The second-order valence-corrected chi connectivity index (χ2v) is 8.82. The molecule has 0 bridgehead atoms. The molecule has 6 nitrogen and oxygen atoms in total. The molecule has 0 spiro atoms. The highest BCUT2D eigenvalue weighted by molar-refractivity contribution is 6.06. The second-order valence-electron chi connectivity index (χ2n) is 8.82. The fourth-order valence-corrected chi connectivity index (χ4v) is 3.60. The van der Waals surface area contributed by atoms with E-state index < -0.39 is 0 Å². The third-order valence-electron chi connectivity index (χ3n) is 5.39. The number of nitrogens with zero attached hydrogens (tertiary/aromatic N) is 3. The minimum Gasteiger partial charge on any atom is -0.494 e. The van der Waals surface area contributed by atoms with Gasteiger partial charge in [0.25, 0.3) is 5.91 Å². The first-order valence-corrected chi connectivity index (χ1v) is 10.8. The van der Waals surface area contributed by atoms with E-state index in [1.165, 1.54) is 0 Å². The Kier molecular flexibility index (Phi) is 5.70. The third kappa shape index (κ3) is 4.35. The first kappa shape index (κ1) is 21.6. The van der Waals surface area contributed by atoms with Crippen molar-refractivity contribution in [1.29, 1.82) is 0 Å². The summed E-state index contributed by atoms with van der Waals surface area (Å²) in [5.74, 6) is 1.27. The molecule has 2 heterocycles. The maximum absolute atomic E-state index is 13.1. The van der Waals surface area contributed by atoms with Crippen LogP contribution in [0.1, 0.15) is 49.3 Å². The number of aromatic nitrogens is 3. The minimum absolute atomic E-state index is 0.0739. The van der Waals surface area contributed by atoms with Gasteiger partial charge in [0.15, 0.2) is 0 Å². The number of hydrogen-bond acceptors (Lipinski definition) is 4. The molecule has 164 valence electrons. The molecule has 2 aromatic heterocycles. The Bertz CT molecular complexity index is 1270. The molecule has 0 fully saturated rings. The van der Waals surface area contributed by atoms with Gasteiger partial charge in [0.05, 0.1) is 24.2 Å². The first-order valence-electron chi connectivity index (χ1n) is 10.8. The molecule has 0 aliphatic rings. The lowest BCUT2D eigenvalue weighted by Gasteiger charge is -2.13. The average molecular weight is 429 g/mol. The van der Waals surface area contributed by atoms with Crippen LogP contribution in [0.25, 0.3) is 16.9 Å². The minimum atomic E-state index is -0.174. The number of carbonyl (C=O) groups excluding carboxylic acids is 1. The number of nitrogens with one attached hydrogen (secondary N) is 1. The summed E-state index contributed by atoms with van der Waals surface area (Å²) in [5.41, 5.74) is 5.09. The zero-order valence-corrected chi connectivity index (χ0v) is 19.1. The zero-order valence-electron chi connectivity index (χ0n) is 19.1. The standard InChI is InChI=1S/C26H28N4O2/c1-6-32-20-12-10-18(11-13-20)21-8-7-9-22(17(21)2)24(31)28-19-14-27-25-29-23(26(3,4)5)16-30(25)15-19/h7-16H,6H2,1-5H3,(H,28,31). The molecule has 0 saturated heterocycles. The summed E-state index contributed by atoms with van der Waals surface area (Å²) in [5, 5.41) is 2.97. The Morgan fingerprint density at radius 3 is 2.53 bits per heavy atom. The third-order valence-corrected chi connectivity index (χ3v) is 5.39. The van der Waals surface area contributed by atoms with Gasteiger partial charge in [-0.3, -0.25) is 9.20 Å². The van der Waals surface area contributed by atoms with Gasteiger partial charge < -0.3 is 10.1 Å². The maximum Gasteiger partial charge on any atom is 0.256 e. The molecule has 0 saturated carbocycles. The topological polar surface area (TPSA) is 68.5 Å². The van der Waals surface area contributed by atoms with Gasteiger partial charge in [0.1, 0.15) is 5.75 Å². The molecule has 1 N–H and O–H groups in total. The molecule has 0 aliphatic carbocycles. The number of imidazole rings is 1. The molecule has 4 rings (SSSR count). The van der Waals surface area contributed by atoms with E-state index in [-0.39, 0.29) is 11.3 Å². The summed E-state index contributed by atoms with van der Waals surface area (Å²) in [4.78, 5) is 22.0. The number of fused-ring (bicyclic) bond motifs is 1. The van der Waals surface area contributed by atoms with Crippen molar-refractivity contribution in [3.63, 3.8) is 0 Å². The lowest BCUT2D eigenvalue weighted by Crippen LogP contribution is -2.14. The van der Waals surface area contributed by atoms with Crippen LogP contribution in [0.15, 0.2) is 61.1 Å². The zero-order chi connectivity index (χ0) is 22.9. The van der Waals surface area contributed by atoms with Crippen molar-refractivity contribution in [2.75, 3.05) is 11.9 Å². The van der Waals surface area contributed by atoms with Gasteiger partial charge in [-0.15, -0.1) is 0 Å². The number of ether oxygens (including phenoxy) is 1. The van der Waals surface area contributed by atoms with Crippen LogP contribution in [0, 0.1) is 6.92 Å². The van der Waals surface area contributed by atoms with Crippen molar-refractivity contribution >= 4 is 17.4 Å². The van der Waals surface area contributed by atoms with Crippen molar-refractivity contribution in [3.05, 3.63) is 77.9 Å². The van der Waals surface area contributed by atoms with Crippen molar-refractivity contribution in [2.24, 2.45) is 0 Å². The van der Waals surface area contributed by atoms with E-state index in [9.17, 15) is 4.79 Å². The molecule has 0 aliphatic heterocycles. The molecule has 0 unspecified atom stereocenters. The van der Waals surface area contributed by atoms with Crippen molar-refractivity contribution in [1.82, 2.24) is 14.4 Å². The van der Waals surface area contributed by atoms with Gasteiger partial charge >= 0.3 is 0 Å². The summed E-state index contributed by atoms with van der Waals surface area (Å²) in [6.07, 6.45) is 5.43. The Morgan fingerprint density at radius 2 is 1.84 bits per heavy atom. The van der Waals surface area contributed by atoms with Crippen LogP contribution in [0.4, 0.5) is 5.69 Å². The predicted octanol–water partition coefficient (Wildman–Crippen LogP) is 5.65. The second kappa shape index (κ2) is 8.46. The molecule has 32 heavy (non-hydrogen) atoms. The Hall–Kier alpha value is -3.67. The van der Waals surface area contributed by atoms with Gasteiger partial charge in [0, 0.05) is 23.4 Å². The van der Waals surface area contributed by atoms with Crippen LogP contribution >= 0.6 is 0 Å². The molecule has 2 aromatic carbocycles. The van der Waals surface area contributed by atoms with E-state index in [1.54, 1.807) is 6.20 Å². The Morgan fingerprint density at radius 1 is 1.09 bits per heavy atom. The van der Waals surface area contributed by atoms with Crippen LogP contribution in [0.3, 0.4) is 0 Å². The van der Waals surface area contributed by atoms with E-state index in [1.807, 2.05) is 73.1 Å². The number of carbonyl (C=O) groups is 1. The fraction of sp³-hybridized carbons (Fsp3) is 0.269. The van der Waals surface area contributed by atoms with Gasteiger partial charge in [-0.2, -0.15) is 0 Å². The number of rotatable bonds is 5. The van der Waals surface area contributed by atoms with E-state index in [0.717, 1.165) is 28.1 Å². The number of amides is 1. The number of benzene rings is 2.